The quantitative estimate of drug-likeness (QED) is 0.890. The smallest absolute Gasteiger partial charge is 0.337 e. The molecule has 1 aromatic rings. The SMILES string of the molecule is CCCc1nc2c(cc1C(=O)O)CC(C)CC2C. The Hall–Kier alpha value is -1.38. The van der Waals surface area contributed by atoms with Gasteiger partial charge in [0.05, 0.1) is 11.3 Å². The van der Waals surface area contributed by atoms with E-state index in [0.717, 1.165) is 42.6 Å². The fourth-order valence-electron chi connectivity index (χ4n) is 2.99. The number of nitrogens with zero attached hydrogens (tertiary/aromatic N) is 1. The summed E-state index contributed by atoms with van der Waals surface area (Å²) in [5.41, 5.74) is 3.42. The lowest BCUT2D eigenvalue weighted by molar-refractivity contribution is 0.0694. The molecule has 0 bridgehead atoms. The third-order valence-electron chi connectivity index (χ3n) is 3.72. The van der Waals surface area contributed by atoms with Crippen LogP contribution < -0.4 is 0 Å². The molecule has 3 heteroatoms. The highest BCUT2D eigenvalue weighted by Crippen LogP contribution is 2.34. The molecule has 1 aliphatic rings. The monoisotopic (exact) mass is 247 g/mol. The van der Waals surface area contributed by atoms with Gasteiger partial charge in [0.15, 0.2) is 0 Å². The molecule has 2 atom stereocenters. The lowest BCUT2D eigenvalue weighted by atomic mass is 9.80. The minimum Gasteiger partial charge on any atom is -0.478 e. The van der Waals surface area contributed by atoms with Crippen molar-refractivity contribution in [1.82, 2.24) is 4.98 Å². The summed E-state index contributed by atoms with van der Waals surface area (Å²) < 4.78 is 0. The first-order chi connectivity index (χ1) is 8.52. The number of fused-ring (bicyclic) bond motifs is 1. The number of hydrogen-bond acceptors (Lipinski definition) is 2. The molecule has 1 N–H and O–H groups in total. The fourth-order valence-corrected chi connectivity index (χ4v) is 2.99. The zero-order valence-electron chi connectivity index (χ0n) is 11.4. The highest BCUT2D eigenvalue weighted by Gasteiger charge is 2.25. The number of carboxylic acid groups (broad SMARTS) is 1. The second kappa shape index (κ2) is 5.09. The molecule has 1 aliphatic carbocycles. The van der Waals surface area contributed by atoms with Crippen LogP contribution in [0.2, 0.25) is 0 Å². The summed E-state index contributed by atoms with van der Waals surface area (Å²) in [6, 6.07) is 1.86. The maximum atomic E-state index is 11.3. The van der Waals surface area contributed by atoms with Crippen LogP contribution in [0, 0.1) is 5.92 Å². The molecule has 0 aliphatic heterocycles. The van der Waals surface area contributed by atoms with Gasteiger partial charge in [0.2, 0.25) is 0 Å². The van der Waals surface area contributed by atoms with Crippen LogP contribution in [-0.4, -0.2) is 16.1 Å². The molecule has 18 heavy (non-hydrogen) atoms. The zero-order valence-corrected chi connectivity index (χ0v) is 11.4. The van der Waals surface area contributed by atoms with Gasteiger partial charge in [-0.3, -0.25) is 4.98 Å². The molecule has 0 radical (unpaired) electrons. The first-order valence-electron chi connectivity index (χ1n) is 6.78. The number of hydrogen-bond donors (Lipinski definition) is 1. The second-order valence-corrected chi connectivity index (χ2v) is 5.53. The third-order valence-corrected chi connectivity index (χ3v) is 3.72. The lowest BCUT2D eigenvalue weighted by Gasteiger charge is -2.27. The van der Waals surface area contributed by atoms with Gasteiger partial charge in [-0.25, -0.2) is 4.79 Å². The molecule has 2 rings (SSSR count). The average molecular weight is 247 g/mol. The summed E-state index contributed by atoms with van der Waals surface area (Å²) >= 11 is 0. The van der Waals surface area contributed by atoms with E-state index in [2.05, 4.69) is 25.8 Å². The summed E-state index contributed by atoms with van der Waals surface area (Å²) in [4.78, 5) is 16.0. The van der Waals surface area contributed by atoms with Crippen molar-refractivity contribution < 1.29 is 9.90 Å². The van der Waals surface area contributed by atoms with Gasteiger partial charge in [-0.1, -0.05) is 27.2 Å². The molecule has 3 nitrogen and oxygen atoms in total. The number of aromatic carboxylic acids is 1. The predicted molar refractivity (Wildman–Crippen MR) is 71.1 cm³/mol. The van der Waals surface area contributed by atoms with Crippen molar-refractivity contribution in [3.8, 4) is 0 Å². The van der Waals surface area contributed by atoms with Crippen molar-refractivity contribution in [3.05, 3.63) is 28.6 Å². The van der Waals surface area contributed by atoms with Crippen molar-refractivity contribution in [1.29, 1.82) is 0 Å². The van der Waals surface area contributed by atoms with E-state index in [0.29, 0.717) is 17.4 Å². The number of carbonyl (C=O) groups is 1. The van der Waals surface area contributed by atoms with Crippen LogP contribution in [-0.2, 0) is 12.8 Å². The van der Waals surface area contributed by atoms with Crippen LogP contribution in [0.4, 0.5) is 0 Å². The van der Waals surface area contributed by atoms with Crippen molar-refractivity contribution in [2.24, 2.45) is 5.92 Å². The van der Waals surface area contributed by atoms with E-state index >= 15 is 0 Å². The second-order valence-electron chi connectivity index (χ2n) is 5.53. The Balaban J connectivity index is 2.50. The molecule has 0 aromatic carbocycles. The molecule has 1 heterocycles. The van der Waals surface area contributed by atoms with E-state index in [1.165, 1.54) is 0 Å². The number of pyridine rings is 1. The van der Waals surface area contributed by atoms with Gasteiger partial charge in [-0.05, 0) is 42.7 Å². The van der Waals surface area contributed by atoms with E-state index in [9.17, 15) is 9.90 Å². The molecular weight excluding hydrogens is 226 g/mol. The van der Waals surface area contributed by atoms with Crippen LogP contribution in [0.3, 0.4) is 0 Å². The van der Waals surface area contributed by atoms with E-state index < -0.39 is 5.97 Å². The van der Waals surface area contributed by atoms with Crippen LogP contribution in [0.25, 0.3) is 0 Å². The first kappa shape index (κ1) is 13.1. The molecule has 2 unspecified atom stereocenters. The third kappa shape index (κ3) is 2.40. The minimum absolute atomic E-state index is 0.400. The van der Waals surface area contributed by atoms with Crippen molar-refractivity contribution >= 4 is 5.97 Å². The number of carboxylic acids is 1. The minimum atomic E-state index is -0.848. The summed E-state index contributed by atoms with van der Waals surface area (Å²) in [6.45, 7) is 6.47. The molecule has 0 spiro atoms. The van der Waals surface area contributed by atoms with Gasteiger partial charge >= 0.3 is 5.97 Å². The topological polar surface area (TPSA) is 50.2 Å². The lowest BCUT2D eigenvalue weighted by Crippen LogP contribution is -2.19. The standard InChI is InChI=1S/C15H21NO2/c1-4-5-13-12(15(17)18)8-11-7-9(2)6-10(3)14(11)16-13/h8-10H,4-7H2,1-3H3,(H,17,18). The summed E-state index contributed by atoms with van der Waals surface area (Å²) in [7, 11) is 0. The van der Waals surface area contributed by atoms with E-state index in [1.807, 2.05) is 6.07 Å². The van der Waals surface area contributed by atoms with Gasteiger partial charge in [0, 0.05) is 5.69 Å². The van der Waals surface area contributed by atoms with Crippen molar-refractivity contribution in [3.63, 3.8) is 0 Å². The Morgan fingerprint density at radius 1 is 1.50 bits per heavy atom. The molecule has 0 saturated carbocycles. The highest BCUT2D eigenvalue weighted by molar-refractivity contribution is 5.89. The molecule has 0 amide bonds. The maximum absolute atomic E-state index is 11.3. The molecule has 98 valence electrons. The Morgan fingerprint density at radius 2 is 2.22 bits per heavy atom. The zero-order chi connectivity index (χ0) is 13.3. The normalized spacial score (nSPS) is 22.6. The molecule has 0 saturated heterocycles. The molecule has 1 aromatic heterocycles. The van der Waals surface area contributed by atoms with Crippen LogP contribution in [0.15, 0.2) is 6.07 Å². The largest absolute Gasteiger partial charge is 0.478 e. The van der Waals surface area contributed by atoms with Gasteiger partial charge in [-0.2, -0.15) is 0 Å². The number of aryl methyl sites for hydroxylation is 1. The van der Waals surface area contributed by atoms with E-state index in [4.69, 9.17) is 0 Å². The van der Waals surface area contributed by atoms with Gasteiger partial charge in [0.25, 0.3) is 0 Å². The van der Waals surface area contributed by atoms with Gasteiger partial charge in [-0.15, -0.1) is 0 Å². The Kier molecular flexibility index (Phi) is 3.69. The fraction of sp³-hybridized carbons (Fsp3) is 0.600. The Bertz CT molecular complexity index is 468. The molecular formula is C15H21NO2. The van der Waals surface area contributed by atoms with Crippen LogP contribution in [0.5, 0.6) is 0 Å². The summed E-state index contributed by atoms with van der Waals surface area (Å²) in [6.07, 6.45) is 3.78. The van der Waals surface area contributed by atoms with Gasteiger partial charge < -0.3 is 5.11 Å². The Morgan fingerprint density at radius 3 is 2.83 bits per heavy atom. The van der Waals surface area contributed by atoms with Gasteiger partial charge in [0.1, 0.15) is 0 Å². The molecule has 0 fully saturated rings. The predicted octanol–water partition coefficient (Wildman–Crippen LogP) is 3.42. The summed E-state index contributed by atoms with van der Waals surface area (Å²) in [5.74, 6) is 0.217. The average Bonchev–Trinajstić information content (AvgIpc) is 2.29. The summed E-state index contributed by atoms with van der Waals surface area (Å²) in [5, 5.41) is 9.29. The van der Waals surface area contributed by atoms with Crippen molar-refractivity contribution in [2.75, 3.05) is 0 Å². The Labute approximate surface area is 108 Å². The van der Waals surface area contributed by atoms with Crippen LogP contribution in [0.1, 0.15) is 66.8 Å². The first-order valence-corrected chi connectivity index (χ1v) is 6.78. The van der Waals surface area contributed by atoms with Crippen molar-refractivity contribution in [2.45, 2.75) is 52.4 Å². The highest BCUT2D eigenvalue weighted by atomic mass is 16.4. The maximum Gasteiger partial charge on any atom is 0.337 e. The number of rotatable bonds is 3. The number of aromatic nitrogens is 1. The van der Waals surface area contributed by atoms with E-state index in [1.54, 1.807) is 0 Å². The van der Waals surface area contributed by atoms with Crippen LogP contribution >= 0.6 is 0 Å². The van der Waals surface area contributed by atoms with E-state index in [-0.39, 0.29) is 0 Å².